The first-order valence-corrected chi connectivity index (χ1v) is 4.36. The van der Waals surface area contributed by atoms with Gasteiger partial charge in [-0.15, -0.1) is 6.58 Å². The third-order valence-electron chi connectivity index (χ3n) is 2.35. The van der Waals surface area contributed by atoms with Crippen molar-refractivity contribution in [1.82, 2.24) is 4.90 Å². The van der Waals surface area contributed by atoms with Gasteiger partial charge >= 0.3 is 0 Å². The predicted octanol–water partition coefficient (Wildman–Crippen LogP) is 0.254. The largest absolute Gasteiger partial charge is 0.395 e. The van der Waals surface area contributed by atoms with Crippen molar-refractivity contribution in [2.45, 2.75) is 19.0 Å². The lowest BCUT2D eigenvalue weighted by Gasteiger charge is -2.37. The third-order valence-corrected chi connectivity index (χ3v) is 2.35. The minimum Gasteiger partial charge on any atom is -0.395 e. The smallest absolute Gasteiger partial charge is 0.0645 e. The molecule has 3 nitrogen and oxygen atoms in total. The van der Waals surface area contributed by atoms with E-state index >= 15 is 0 Å². The van der Waals surface area contributed by atoms with E-state index in [4.69, 9.17) is 9.84 Å². The van der Waals surface area contributed by atoms with E-state index in [1.807, 2.05) is 6.08 Å². The fourth-order valence-electron chi connectivity index (χ4n) is 1.50. The topological polar surface area (TPSA) is 32.7 Å². The molecule has 1 heterocycles. The summed E-state index contributed by atoms with van der Waals surface area (Å²) in [6, 6.07) is 0.470. The van der Waals surface area contributed by atoms with Crippen molar-refractivity contribution >= 4 is 0 Å². The number of aliphatic hydroxyl groups excluding tert-OH is 1. The van der Waals surface area contributed by atoms with Gasteiger partial charge in [-0.2, -0.15) is 0 Å². The molecule has 0 saturated carbocycles. The van der Waals surface area contributed by atoms with Gasteiger partial charge in [0, 0.05) is 12.6 Å². The highest BCUT2D eigenvalue weighted by Crippen LogP contribution is 2.10. The van der Waals surface area contributed by atoms with E-state index in [9.17, 15) is 0 Å². The van der Waals surface area contributed by atoms with Gasteiger partial charge in [0.25, 0.3) is 0 Å². The van der Waals surface area contributed by atoms with Gasteiger partial charge in [-0.25, -0.2) is 0 Å². The van der Waals surface area contributed by atoms with Crippen LogP contribution in [-0.2, 0) is 4.74 Å². The molecule has 0 radical (unpaired) electrons. The van der Waals surface area contributed by atoms with Gasteiger partial charge in [-0.05, 0) is 6.92 Å². The zero-order chi connectivity index (χ0) is 8.97. The molecular weight excluding hydrogens is 154 g/mol. The Bertz CT molecular complexity index is 149. The first kappa shape index (κ1) is 9.71. The minimum absolute atomic E-state index is 0.145. The van der Waals surface area contributed by atoms with Gasteiger partial charge in [0.1, 0.15) is 0 Å². The van der Waals surface area contributed by atoms with Crippen molar-refractivity contribution in [3.63, 3.8) is 0 Å². The van der Waals surface area contributed by atoms with Gasteiger partial charge in [0.05, 0.1) is 25.9 Å². The minimum atomic E-state index is 0.145. The van der Waals surface area contributed by atoms with E-state index in [1.165, 1.54) is 0 Å². The first-order chi connectivity index (χ1) is 5.79. The summed E-state index contributed by atoms with van der Waals surface area (Å²) in [6.07, 6.45) is 1.90. The average Bonchev–Trinajstić information content (AvgIpc) is 2.16. The number of aliphatic hydroxyl groups is 1. The number of hydrogen-bond donors (Lipinski definition) is 1. The summed E-state index contributed by atoms with van der Waals surface area (Å²) in [5.41, 5.74) is 0. The molecule has 1 saturated heterocycles. The fourth-order valence-corrected chi connectivity index (χ4v) is 1.50. The maximum absolute atomic E-state index is 9.05. The fraction of sp³-hybridized carbons (Fsp3) is 0.778. The van der Waals surface area contributed by atoms with Gasteiger partial charge < -0.3 is 9.84 Å². The van der Waals surface area contributed by atoms with Gasteiger partial charge in [0.15, 0.2) is 0 Å². The maximum atomic E-state index is 9.05. The van der Waals surface area contributed by atoms with Crippen molar-refractivity contribution in [1.29, 1.82) is 0 Å². The summed E-state index contributed by atoms with van der Waals surface area (Å²) < 4.78 is 5.26. The second-order valence-corrected chi connectivity index (χ2v) is 3.13. The lowest BCUT2D eigenvalue weighted by Crippen LogP contribution is -2.50. The monoisotopic (exact) mass is 171 g/mol. The van der Waals surface area contributed by atoms with E-state index in [0.717, 1.165) is 13.2 Å². The van der Waals surface area contributed by atoms with Crippen molar-refractivity contribution < 1.29 is 9.84 Å². The zero-order valence-corrected chi connectivity index (χ0v) is 7.57. The Morgan fingerprint density at radius 1 is 1.83 bits per heavy atom. The van der Waals surface area contributed by atoms with Crippen LogP contribution in [-0.4, -0.2) is 48.5 Å². The zero-order valence-electron chi connectivity index (χ0n) is 7.57. The summed E-state index contributed by atoms with van der Waals surface area (Å²) in [4.78, 5) is 2.22. The Labute approximate surface area is 73.6 Å². The molecule has 1 aliphatic rings. The van der Waals surface area contributed by atoms with Crippen LogP contribution < -0.4 is 0 Å². The molecular formula is C9H17NO2. The molecule has 70 valence electrons. The standard InChI is InChI=1S/C9H17NO2/c1-3-8(2)10-4-5-12-7-9(10)6-11/h3,8-9,11H,1,4-7H2,2H3. The maximum Gasteiger partial charge on any atom is 0.0645 e. The Hall–Kier alpha value is -0.380. The second kappa shape index (κ2) is 4.60. The summed E-state index contributed by atoms with van der Waals surface area (Å²) >= 11 is 0. The van der Waals surface area contributed by atoms with Crippen LogP contribution >= 0.6 is 0 Å². The first-order valence-electron chi connectivity index (χ1n) is 4.36. The summed E-state index contributed by atoms with van der Waals surface area (Å²) in [5, 5.41) is 9.05. The summed E-state index contributed by atoms with van der Waals surface area (Å²) in [7, 11) is 0. The molecule has 2 atom stereocenters. The van der Waals surface area contributed by atoms with Crippen LogP contribution in [0.2, 0.25) is 0 Å². The van der Waals surface area contributed by atoms with Crippen molar-refractivity contribution in [3.8, 4) is 0 Å². The van der Waals surface area contributed by atoms with Crippen LogP contribution in [0.4, 0.5) is 0 Å². The molecule has 0 aromatic carbocycles. The van der Waals surface area contributed by atoms with Crippen LogP contribution in [0.3, 0.4) is 0 Å². The second-order valence-electron chi connectivity index (χ2n) is 3.13. The van der Waals surface area contributed by atoms with E-state index in [1.54, 1.807) is 0 Å². The van der Waals surface area contributed by atoms with Crippen molar-refractivity contribution in [2.75, 3.05) is 26.4 Å². The van der Waals surface area contributed by atoms with Crippen LogP contribution in [0.1, 0.15) is 6.92 Å². The molecule has 0 spiro atoms. The molecule has 2 unspecified atom stereocenters. The van der Waals surface area contributed by atoms with Crippen LogP contribution in [0, 0.1) is 0 Å². The van der Waals surface area contributed by atoms with Gasteiger partial charge in [0.2, 0.25) is 0 Å². The molecule has 12 heavy (non-hydrogen) atoms. The molecule has 3 heteroatoms. The normalized spacial score (nSPS) is 28.3. The van der Waals surface area contributed by atoms with Crippen LogP contribution in [0.25, 0.3) is 0 Å². The third kappa shape index (κ3) is 2.06. The Morgan fingerprint density at radius 2 is 2.58 bits per heavy atom. The van der Waals surface area contributed by atoms with E-state index in [2.05, 4.69) is 18.4 Å². The Morgan fingerprint density at radius 3 is 3.17 bits per heavy atom. The molecule has 1 rings (SSSR count). The van der Waals surface area contributed by atoms with Gasteiger partial charge in [-0.1, -0.05) is 6.08 Å². The van der Waals surface area contributed by atoms with Crippen LogP contribution in [0.15, 0.2) is 12.7 Å². The molecule has 1 fully saturated rings. The highest BCUT2D eigenvalue weighted by molar-refractivity contribution is 4.89. The van der Waals surface area contributed by atoms with Crippen molar-refractivity contribution in [3.05, 3.63) is 12.7 Å². The van der Waals surface area contributed by atoms with Crippen molar-refractivity contribution in [2.24, 2.45) is 0 Å². The molecule has 0 amide bonds. The number of rotatable bonds is 3. The molecule has 1 aliphatic heterocycles. The van der Waals surface area contributed by atoms with E-state index in [0.29, 0.717) is 12.6 Å². The molecule has 0 bridgehead atoms. The Kier molecular flexibility index (Phi) is 3.72. The lowest BCUT2D eigenvalue weighted by molar-refractivity contribution is -0.0362. The number of nitrogens with zero attached hydrogens (tertiary/aromatic N) is 1. The summed E-state index contributed by atoms with van der Waals surface area (Å²) in [5.74, 6) is 0. The van der Waals surface area contributed by atoms with Gasteiger partial charge in [-0.3, -0.25) is 4.90 Å². The Balaban J connectivity index is 2.51. The molecule has 0 aromatic rings. The molecule has 0 aromatic heterocycles. The predicted molar refractivity (Wildman–Crippen MR) is 48.1 cm³/mol. The number of hydrogen-bond acceptors (Lipinski definition) is 3. The molecule has 1 N–H and O–H groups in total. The van der Waals surface area contributed by atoms with E-state index < -0.39 is 0 Å². The lowest BCUT2D eigenvalue weighted by atomic mass is 10.1. The average molecular weight is 171 g/mol. The molecule has 0 aliphatic carbocycles. The SMILES string of the molecule is C=CC(C)N1CCOCC1CO. The van der Waals surface area contributed by atoms with Crippen LogP contribution in [0.5, 0.6) is 0 Å². The summed E-state index contributed by atoms with van der Waals surface area (Å²) in [6.45, 7) is 8.27. The highest BCUT2D eigenvalue weighted by atomic mass is 16.5. The number of ether oxygens (including phenoxy) is 1. The highest BCUT2D eigenvalue weighted by Gasteiger charge is 2.24. The quantitative estimate of drug-likeness (QED) is 0.618. The number of morpholine rings is 1. The van der Waals surface area contributed by atoms with E-state index in [-0.39, 0.29) is 12.6 Å².